The van der Waals surface area contributed by atoms with E-state index in [-0.39, 0.29) is 17.2 Å². The fourth-order valence-corrected chi connectivity index (χ4v) is 2.00. The molecule has 0 aliphatic carbocycles. The maximum absolute atomic E-state index is 12.2. The molecule has 0 aromatic heterocycles. The van der Waals surface area contributed by atoms with Gasteiger partial charge in [0.05, 0.1) is 15.6 Å². The second-order valence-electron chi connectivity index (χ2n) is 4.63. The van der Waals surface area contributed by atoms with E-state index in [1.807, 2.05) is 0 Å². The van der Waals surface area contributed by atoms with Crippen molar-refractivity contribution in [2.45, 2.75) is 6.92 Å². The first-order valence-electron chi connectivity index (χ1n) is 6.50. The van der Waals surface area contributed by atoms with Crippen LogP contribution in [-0.4, -0.2) is 16.7 Å². The largest absolute Gasteiger partial charge is 0.326 e. The molecule has 2 aromatic carbocycles. The summed E-state index contributed by atoms with van der Waals surface area (Å²) in [7, 11) is 0. The quantitative estimate of drug-likeness (QED) is 0.660. The Morgan fingerprint density at radius 2 is 1.74 bits per heavy atom. The lowest BCUT2D eigenvalue weighted by molar-refractivity contribution is -0.384. The molecule has 2 N–H and O–H groups in total. The molecule has 2 aromatic rings. The number of non-ortho nitro benzene ring substituents is 1. The van der Waals surface area contributed by atoms with Crippen molar-refractivity contribution in [2.24, 2.45) is 0 Å². The number of nitro groups is 1. The average Bonchev–Trinajstić information content (AvgIpc) is 2.50. The normalized spacial score (nSPS) is 10.0. The third-order valence-electron chi connectivity index (χ3n) is 2.88. The van der Waals surface area contributed by atoms with Gasteiger partial charge in [-0.2, -0.15) is 0 Å². The van der Waals surface area contributed by atoms with E-state index < -0.39 is 10.8 Å². The number of benzene rings is 2. The van der Waals surface area contributed by atoms with Crippen molar-refractivity contribution >= 4 is 40.5 Å². The predicted molar refractivity (Wildman–Crippen MR) is 86.8 cm³/mol. The fraction of sp³-hybridized carbons (Fsp3) is 0.0667. The number of nitrogens with one attached hydrogen (secondary N) is 2. The van der Waals surface area contributed by atoms with Gasteiger partial charge < -0.3 is 10.6 Å². The number of halogens is 1. The number of nitro benzene ring substituents is 1. The molecule has 7 nitrogen and oxygen atoms in total. The van der Waals surface area contributed by atoms with Gasteiger partial charge in [-0.15, -0.1) is 0 Å². The molecule has 0 atom stereocenters. The zero-order valence-corrected chi connectivity index (χ0v) is 12.8. The van der Waals surface area contributed by atoms with E-state index in [0.29, 0.717) is 16.4 Å². The number of carbonyl (C=O) groups is 2. The minimum atomic E-state index is -0.546. The zero-order valence-electron chi connectivity index (χ0n) is 12.0. The highest BCUT2D eigenvalue weighted by Crippen LogP contribution is 2.26. The fourth-order valence-electron chi connectivity index (χ4n) is 1.83. The zero-order chi connectivity index (χ0) is 17.0. The molecule has 2 rings (SSSR count). The van der Waals surface area contributed by atoms with Gasteiger partial charge in [-0.3, -0.25) is 19.7 Å². The first-order valence-corrected chi connectivity index (χ1v) is 6.87. The lowest BCUT2D eigenvalue weighted by Gasteiger charge is -2.10. The summed E-state index contributed by atoms with van der Waals surface area (Å²) in [6.07, 6.45) is 0. The standard InChI is InChI=1S/C15H12ClN3O4/c1-9(20)17-11-4-7-13(16)14(8-11)18-15(21)10-2-5-12(6-3-10)19(22)23/h2-8H,1H3,(H,17,20)(H,18,21). The molecule has 2 amide bonds. The van der Waals surface area contributed by atoms with Crippen LogP contribution in [0, 0.1) is 10.1 Å². The lowest BCUT2D eigenvalue weighted by atomic mass is 10.2. The lowest BCUT2D eigenvalue weighted by Crippen LogP contribution is -2.13. The molecule has 0 fully saturated rings. The van der Waals surface area contributed by atoms with Gasteiger partial charge in [0.1, 0.15) is 0 Å². The number of nitrogens with zero attached hydrogens (tertiary/aromatic N) is 1. The van der Waals surface area contributed by atoms with Crippen LogP contribution >= 0.6 is 11.6 Å². The number of anilines is 2. The van der Waals surface area contributed by atoms with Crippen molar-refractivity contribution in [3.63, 3.8) is 0 Å². The first-order chi connectivity index (χ1) is 10.9. The van der Waals surface area contributed by atoms with Crippen LogP contribution < -0.4 is 10.6 Å². The van der Waals surface area contributed by atoms with Crippen molar-refractivity contribution in [3.8, 4) is 0 Å². The van der Waals surface area contributed by atoms with Crippen LogP contribution in [0.3, 0.4) is 0 Å². The molecule has 0 spiro atoms. The Kier molecular flexibility index (Phi) is 4.92. The number of amides is 2. The van der Waals surface area contributed by atoms with E-state index in [2.05, 4.69) is 10.6 Å². The number of carbonyl (C=O) groups excluding carboxylic acids is 2. The monoisotopic (exact) mass is 333 g/mol. The Bertz CT molecular complexity index is 775. The third kappa shape index (κ3) is 4.27. The maximum Gasteiger partial charge on any atom is 0.269 e. The molecule has 23 heavy (non-hydrogen) atoms. The second-order valence-corrected chi connectivity index (χ2v) is 5.04. The minimum absolute atomic E-state index is 0.104. The second kappa shape index (κ2) is 6.89. The van der Waals surface area contributed by atoms with E-state index in [1.54, 1.807) is 6.07 Å². The van der Waals surface area contributed by atoms with Crippen molar-refractivity contribution in [3.05, 3.63) is 63.2 Å². The predicted octanol–water partition coefficient (Wildman–Crippen LogP) is 3.46. The van der Waals surface area contributed by atoms with E-state index in [9.17, 15) is 19.7 Å². The van der Waals surface area contributed by atoms with E-state index in [4.69, 9.17) is 11.6 Å². The van der Waals surface area contributed by atoms with Crippen molar-refractivity contribution in [2.75, 3.05) is 10.6 Å². The van der Waals surface area contributed by atoms with Gasteiger partial charge in [-0.05, 0) is 30.3 Å². The van der Waals surface area contributed by atoms with Gasteiger partial charge in [0.15, 0.2) is 0 Å². The summed E-state index contributed by atoms with van der Waals surface area (Å²) in [5, 5.41) is 16.1. The molecular weight excluding hydrogens is 322 g/mol. The molecule has 0 bridgehead atoms. The Hall–Kier alpha value is -2.93. The summed E-state index contributed by atoms with van der Waals surface area (Å²) in [4.78, 5) is 33.3. The highest BCUT2D eigenvalue weighted by Gasteiger charge is 2.12. The topological polar surface area (TPSA) is 101 Å². The van der Waals surface area contributed by atoms with Gasteiger partial charge in [0.25, 0.3) is 11.6 Å². The molecule has 0 saturated carbocycles. The SMILES string of the molecule is CC(=O)Nc1ccc(Cl)c(NC(=O)c2ccc([N+](=O)[O-])cc2)c1. The van der Waals surface area contributed by atoms with Crippen LogP contribution in [0.4, 0.5) is 17.1 Å². The first kappa shape index (κ1) is 16.4. The average molecular weight is 334 g/mol. The van der Waals surface area contributed by atoms with E-state index in [1.165, 1.54) is 43.3 Å². The summed E-state index contributed by atoms with van der Waals surface area (Å²) in [5.74, 6) is -0.721. The third-order valence-corrected chi connectivity index (χ3v) is 3.20. The summed E-state index contributed by atoms with van der Waals surface area (Å²) in [6, 6.07) is 9.84. The number of hydrogen-bond acceptors (Lipinski definition) is 4. The Morgan fingerprint density at radius 1 is 1.09 bits per heavy atom. The van der Waals surface area contributed by atoms with Crippen LogP contribution in [0.2, 0.25) is 5.02 Å². The Labute approximate surface area is 136 Å². The molecule has 0 aliphatic heterocycles. The highest BCUT2D eigenvalue weighted by molar-refractivity contribution is 6.34. The van der Waals surface area contributed by atoms with Gasteiger partial charge in [0, 0.05) is 30.3 Å². The molecular formula is C15H12ClN3O4. The summed E-state index contributed by atoms with van der Waals surface area (Å²) >= 11 is 6.01. The van der Waals surface area contributed by atoms with Gasteiger partial charge in [-0.1, -0.05) is 11.6 Å². The summed E-state index contributed by atoms with van der Waals surface area (Å²) < 4.78 is 0. The molecule has 0 aliphatic rings. The van der Waals surface area contributed by atoms with Gasteiger partial charge >= 0.3 is 0 Å². The van der Waals surface area contributed by atoms with E-state index >= 15 is 0 Å². The molecule has 0 heterocycles. The summed E-state index contributed by atoms with van der Waals surface area (Å²) in [5.41, 5.74) is 0.950. The van der Waals surface area contributed by atoms with Crippen molar-refractivity contribution in [1.82, 2.24) is 0 Å². The van der Waals surface area contributed by atoms with Crippen LogP contribution in [0.1, 0.15) is 17.3 Å². The smallest absolute Gasteiger partial charge is 0.269 e. The van der Waals surface area contributed by atoms with Crippen LogP contribution in [0.5, 0.6) is 0 Å². The molecule has 8 heteroatoms. The molecule has 0 unspecified atom stereocenters. The van der Waals surface area contributed by atoms with Crippen LogP contribution in [0.15, 0.2) is 42.5 Å². The van der Waals surface area contributed by atoms with Crippen molar-refractivity contribution in [1.29, 1.82) is 0 Å². The number of hydrogen-bond donors (Lipinski definition) is 2. The van der Waals surface area contributed by atoms with Gasteiger partial charge in [-0.25, -0.2) is 0 Å². The Balaban J connectivity index is 2.19. The van der Waals surface area contributed by atoms with E-state index in [0.717, 1.165) is 0 Å². The number of rotatable bonds is 4. The van der Waals surface area contributed by atoms with Gasteiger partial charge in [0.2, 0.25) is 5.91 Å². The molecule has 0 saturated heterocycles. The molecule has 0 radical (unpaired) electrons. The summed E-state index contributed by atoms with van der Waals surface area (Å²) in [6.45, 7) is 1.36. The van der Waals surface area contributed by atoms with Crippen LogP contribution in [-0.2, 0) is 4.79 Å². The Morgan fingerprint density at radius 3 is 2.30 bits per heavy atom. The highest BCUT2D eigenvalue weighted by atomic mass is 35.5. The molecule has 118 valence electrons. The van der Waals surface area contributed by atoms with Crippen molar-refractivity contribution < 1.29 is 14.5 Å². The maximum atomic E-state index is 12.2. The van der Waals surface area contributed by atoms with Crippen LogP contribution in [0.25, 0.3) is 0 Å². The minimum Gasteiger partial charge on any atom is -0.326 e.